The van der Waals surface area contributed by atoms with Crippen molar-refractivity contribution in [1.82, 2.24) is 0 Å². The molecule has 1 aromatic rings. The second-order valence-electron chi connectivity index (χ2n) is 1.63. The van der Waals surface area contributed by atoms with Crippen LogP contribution in [0.2, 0.25) is 0 Å². The summed E-state index contributed by atoms with van der Waals surface area (Å²) >= 11 is 2.58. The van der Waals surface area contributed by atoms with Gasteiger partial charge in [0.2, 0.25) is 0 Å². The Labute approximate surface area is 73.2 Å². The molecule has 0 saturated heterocycles. The van der Waals surface area contributed by atoms with Crippen LogP contribution >= 0.6 is 33.9 Å². The minimum absolute atomic E-state index is 0.531. The molecule has 0 saturated carbocycles. The van der Waals surface area contributed by atoms with E-state index in [2.05, 4.69) is 0 Å². The van der Waals surface area contributed by atoms with Gasteiger partial charge < -0.3 is 0 Å². The molecule has 0 amide bonds. The average molecular weight is 278 g/mol. The van der Waals surface area contributed by atoms with Crippen LogP contribution in [0.1, 0.15) is 4.88 Å². The molecule has 0 aliphatic carbocycles. The molecule has 0 spiro atoms. The summed E-state index contributed by atoms with van der Waals surface area (Å²) in [7, 11) is 0. The molecule has 0 bridgehead atoms. The summed E-state index contributed by atoms with van der Waals surface area (Å²) in [5.74, 6) is 0. The molecule has 0 fully saturated rings. The third-order valence-corrected chi connectivity index (χ3v) is 2.87. The van der Waals surface area contributed by atoms with E-state index in [1.165, 1.54) is 5.38 Å². The van der Waals surface area contributed by atoms with Crippen molar-refractivity contribution in [3.05, 3.63) is 19.9 Å². The first-order valence-electron chi connectivity index (χ1n) is 2.31. The van der Waals surface area contributed by atoms with Crippen LogP contribution in [0.3, 0.4) is 0 Å². The van der Waals surface area contributed by atoms with E-state index in [0.29, 0.717) is 3.57 Å². The highest BCUT2D eigenvalue weighted by molar-refractivity contribution is 14.1. The summed E-state index contributed by atoms with van der Waals surface area (Å²) in [6.07, 6.45) is -4.17. The Hall–Kier alpha value is 0.220. The van der Waals surface area contributed by atoms with E-state index in [-0.39, 0.29) is 0 Å². The van der Waals surface area contributed by atoms with Crippen molar-refractivity contribution < 1.29 is 13.2 Å². The SMILES string of the molecule is FC(F)(F)c1cc(I)cs1. The topological polar surface area (TPSA) is 0 Å². The van der Waals surface area contributed by atoms with Crippen molar-refractivity contribution in [1.29, 1.82) is 0 Å². The molecular formula is C5H2F3IS. The lowest BCUT2D eigenvalue weighted by molar-refractivity contribution is -0.134. The lowest BCUT2D eigenvalue weighted by Gasteiger charge is -1.99. The third kappa shape index (κ3) is 1.85. The lowest BCUT2D eigenvalue weighted by atomic mass is 10.5. The smallest absolute Gasteiger partial charge is 0.165 e. The predicted octanol–water partition coefficient (Wildman–Crippen LogP) is 3.37. The van der Waals surface area contributed by atoms with Crippen LogP contribution in [-0.2, 0) is 6.18 Å². The Bertz CT molecular complexity index is 227. The van der Waals surface area contributed by atoms with Crippen molar-refractivity contribution >= 4 is 33.9 Å². The number of hydrogen-bond acceptors (Lipinski definition) is 1. The van der Waals surface area contributed by atoms with Gasteiger partial charge in [-0.25, -0.2) is 0 Å². The van der Waals surface area contributed by atoms with Crippen LogP contribution < -0.4 is 0 Å². The molecule has 1 heterocycles. The monoisotopic (exact) mass is 278 g/mol. The zero-order valence-corrected chi connectivity index (χ0v) is 7.55. The van der Waals surface area contributed by atoms with E-state index in [9.17, 15) is 13.2 Å². The van der Waals surface area contributed by atoms with Gasteiger partial charge in [0.1, 0.15) is 4.88 Å². The van der Waals surface area contributed by atoms with Crippen molar-refractivity contribution in [2.75, 3.05) is 0 Å². The number of alkyl halides is 3. The first-order chi connectivity index (χ1) is 4.50. The second-order valence-corrected chi connectivity index (χ2v) is 3.78. The normalized spacial score (nSPS) is 12.0. The van der Waals surface area contributed by atoms with E-state index >= 15 is 0 Å². The maximum Gasteiger partial charge on any atom is 0.425 e. The molecule has 1 rings (SSSR count). The maximum atomic E-state index is 11.8. The van der Waals surface area contributed by atoms with E-state index in [1.54, 1.807) is 0 Å². The van der Waals surface area contributed by atoms with Gasteiger partial charge in [-0.3, -0.25) is 0 Å². The van der Waals surface area contributed by atoms with E-state index in [1.807, 2.05) is 22.6 Å². The minimum atomic E-state index is -4.17. The van der Waals surface area contributed by atoms with Crippen LogP contribution in [0.25, 0.3) is 0 Å². The van der Waals surface area contributed by atoms with Crippen LogP contribution in [-0.4, -0.2) is 0 Å². The number of rotatable bonds is 0. The molecule has 0 unspecified atom stereocenters. The summed E-state index contributed by atoms with van der Waals surface area (Å²) < 4.78 is 36.1. The van der Waals surface area contributed by atoms with Crippen LogP contribution in [0.5, 0.6) is 0 Å². The molecule has 0 aliphatic rings. The van der Waals surface area contributed by atoms with Gasteiger partial charge in [0.05, 0.1) is 0 Å². The second kappa shape index (κ2) is 2.69. The Kier molecular flexibility index (Phi) is 2.24. The highest BCUT2D eigenvalue weighted by atomic mass is 127. The van der Waals surface area contributed by atoms with Gasteiger partial charge in [-0.15, -0.1) is 11.3 Å². The standard InChI is InChI=1S/C5H2F3IS/c6-5(7,8)4-1-3(9)2-10-4/h1-2H. The Morgan fingerprint density at radius 3 is 2.20 bits per heavy atom. The minimum Gasteiger partial charge on any atom is -0.165 e. The molecule has 56 valence electrons. The highest BCUT2D eigenvalue weighted by Gasteiger charge is 2.31. The van der Waals surface area contributed by atoms with Crippen molar-refractivity contribution in [3.63, 3.8) is 0 Å². The Balaban J connectivity index is 2.96. The molecule has 0 atom stereocenters. The number of hydrogen-bond donors (Lipinski definition) is 0. The van der Waals surface area contributed by atoms with E-state index in [0.717, 1.165) is 17.4 Å². The maximum absolute atomic E-state index is 11.8. The summed E-state index contributed by atoms with van der Waals surface area (Å²) in [6, 6.07) is 1.13. The van der Waals surface area contributed by atoms with Crippen LogP contribution in [0.15, 0.2) is 11.4 Å². The molecule has 0 aromatic carbocycles. The molecular weight excluding hydrogens is 276 g/mol. The van der Waals surface area contributed by atoms with Crippen LogP contribution in [0, 0.1) is 3.57 Å². The summed E-state index contributed by atoms with van der Waals surface area (Å²) in [6.45, 7) is 0. The molecule has 5 heteroatoms. The largest absolute Gasteiger partial charge is 0.425 e. The average Bonchev–Trinajstić information content (AvgIpc) is 2.11. The van der Waals surface area contributed by atoms with Crippen LogP contribution in [0.4, 0.5) is 13.2 Å². The zero-order chi connectivity index (χ0) is 7.78. The van der Waals surface area contributed by atoms with Gasteiger partial charge in [-0.1, -0.05) is 0 Å². The first kappa shape index (κ1) is 8.32. The molecule has 1 aromatic heterocycles. The lowest BCUT2D eigenvalue weighted by Crippen LogP contribution is -2.00. The molecule has 0 radical (unpaired) electrons. The van der Waals surface area contributed by atoms with Gasteiger partial charge in [0, 0.05) is 8.95 Å². The molecule has 0 nitrogen and oxygen atoms in total. The fourth-order valence-corrected chi connectivity index (χ4v) is 2.00. The van der Waals surface area contributed by atoms with Gasteiger partial charge in [0.15, 0.2) is 0 Å². The van der Waals surface area contributed by atoms with Gasteiger partial charge >= 0.3 is 6.18 Å². The fraction of sp³-hybridized carbons (Fsp3) is 0.200. The summed E-state index contributed by atoms with van der Waals surface area (Å²) in [5, 5.41) is 1.48. The molecule has 0 aliphatic heterocycles. The number of halogens is 4. The van der Waals surface area contributed by atoms with Crippen molar-refractivity contribution in [3.8, 4) is 0 Å². The van der Waals surface area contributed by atoms with Gasteiger partial charge in [0.25, 0.3) is 0 Å². The zero-order valence-electron chi connectivity index (χ0n) is 4.57. The summed E-state index contributed by atoms with van der Waals surface area (Å²) in [4.78, 5) is -0.531. The number of thiophene rings is 1. The van der Waals surface area contributed by atoms with Crippen molar-refractivity contribution in [2.45, 2.75) is 6.18 Å². The quantitative estimate of drug-likeness (QED) is 0.638. The van der Waals surface area contributed by atoms with E-state index in [4.69, 9.17) is 0 Å². The molecule has 10 heavy (non-hydrogen) atoms. The van der Waals surface area contributed by atoms with Gasteiger partial charge in [-0.05, 0) is 28.7 Å². The summed E-state index contributed by atoms with van der Waals surface area (Å²) in [5.41, 5.74) is 0. The Morgan fingerprint density at radius 2 is 2.00 bits per heavy atom. The van der Waals surface area contributed by atoms with Crippen molar-refractivity contribution in [2.24, 2.45) is 0 Å². The molecule has 0 N–H and O–H groups in total. The predicted molar refractivity (Wildman–Crippen MR) is 42.0 cm³/mol. The third-order valence-electron chi connectivity index (χ3n) is 0.847. The Morgan fingerprint density at radius 1 is 1.40 bits per heavy atom. The van der Waals surface area contributed by atoms with Gasteiger partial charge in [-0.2, -0.15) is 13.2 Å². The highest BCUT2D eigenvalue weighted by Crippen LogP contribution is 2.34. The first-order valence-corrected chi connectivity index (χ1v) is 4.27. The fourth-order valence-electron chi connectivity index (χ4n) is 0.462. The van der Waals surface area contributed by atoms with E-state index < -0.39 is 11.1 Å².